The van der Waals surface area contributed by atoms with Gasteiger partial charge in [0.2, 0.25) is 60.1 Å². The lowest BCUT2D eigenvalue weighted by Gasteiger charge is -2.31. The van der Waals surface area contributed by atoms with Gasteiger partial charge in [-0.3, -0.25) is 0 Å². The molecule has 0 unspecified atom stereocenters. The highest BCUT2D eigenvalue weighted by Gasteiger charge is 2.33. The van der Waals surface area contributed by atoms with Crippen LogP contribution >= 0.6 is 0 Å². The first kappa shape index (κ1) is 68.5. The lowest BCUT2D eigenvalue weighted by atomic mass is 9.87. The van der Waals surface area contributed by atoms with Crippen molar-refractivity contribution in [3.05, 3.63) is 212 Å². The van der Waals surface area contributed by atoms with Crippen molar-refractivity contribution in [2.24, 2.45) is 0 Å². The zero-order valence-corrected chi connectivity index (χ0v) is 55.4. The molecule has 87 heavy (non-hydrogen) atoms. The molecule has 0 aromatic heterocycles. The predicted octanol–water partition coefficient (Wildman–Crippen LogP) is 9.14. The number of benzene rings is 7. The second kappa shape index (κ2) is 28.7. The van der Waals surface area contributed by atoms with Crippen molar-refractivity contribution in [1.82, 2.24) is 27.1 Å². The molecular weight excluding hydrogens is 1230 g/mol. The Kier molecular flexibility index (Phi) is 22.6. The average Bonchev–Trinajstić information content (AvgIpc) is 1.11. The Bertz CT molecular complexity index is 3790. The van der Waals surface area contributed by atoms with Crippen LogP contribution in [0.15, 0.2) is 175 Å². The third-order valence-corrected chi connectivity index (χ3v) is 25.3. The fourth-order valence-corrected chi connectivity index (χ4v) is 17.4. The van der Waals surface area contributed by atoms with Crippen LogP contribution in [0.3, 0.4) is 0 Å². The van der Waals surface area contributed by atoms with E-state index in [0.717, 1.165) is 33.4 Å². The zero-order valence-electron chi connectivity index (χ0n) is 50.5. The van der Waals surface area contributed by atoms with E-state index < -0.39 is 60.1 Å². The Morgan fingerprint density at radius 1 is 0.264 bits per heavy atom. The highest BCUT2D eigenvalue weighted by Crippen LogP contribution is 2.35. The Hall–Kier alpha value is -6.00. The molecule has 0 heterocycles. The van der Waals surface area contributed by atoms with E-state index in [2.05, 4.69) is 14.2 Å². The molecule has 24 heteroatoms. The van der Waals surface area contributed by atoms with Crippen molar-refractivity contribution in [2.75, 3.05) is 39.3 Å². The topological polar surface area (TPSA) is 251 Å². The largest absolute Gasteiger partial charge is 0.243 e. The first-order valence-electron chi connectivity index (χ1n) is 28.3. The van der Waals surface area contributed by atoms with Crippen molar-refractivity contribution in [2.45, 2.75) is 131 Å². The molecule has 0 spiro atoms. The molecule has 18 nitrogen and oxygen atoms in total. The van der Waals surface area contributed by atoms with Crippen LogP contribution in [0.4, 0.5) is 0 Å². The van der Waals surface area contributed by atoms with Gasteiger partial charge in [0.05, 0.1) is 29.4 Å². The summed E-state index contributed by atoms with van der Waals surface area (Å²) in [5, 5.41) is 0. The number of aryl methyl sites for hydroxylation is 6. The molecule has 0 saturated heterocycles. The number of nitrogens with zero attached hydrogens (tertiary/aromatic N) is 3. The molecule has 0 fully saturated rings. The maximum Gasteiger partial charge on any atom is 0.243 e. The van der Waals surface area contributed by atoms with Gasteiger partial charge in [-0.05, 0) is 188 Å². The van der Waals surface area contributed by atoms with Crippen molar-refractivity contribution in [3.63, 3.8) is 0 Å². The van der Waals surface area contributed by atoms with E-state index in [-0.39, 0.29) is 108 Å². The van der Waals surface area contributed by atoms with Gasteiger partial charge in [-0.25, -0.2) is 64.7 Å². The normalized spacial score (nSPS) is 12.8. The highest BCUT2D eigenvalue weighted by atomic mass is 32.2. The van der Waals surface area contributed by atoms with E-state index in [0.29, 0.717) is 33.4 Å². The first-order chi connectivity index (χ1) is 40.8. The standard InChI is InChI=1S/C63H78N6O12S6/c1-46-13-25-55(26-14-46)82(70,71)64-37-10-40-67(85(76,77)58-31-19-49(4)20-32-58)43-61-52(7)62(44-68(86(78,79)59-33-21-50(5)22-34-59)41-11-38-65-83(72,73)56-27-15-47(2)16-28-56)54(9)63(53(61)8)45-69(87(80,81)60-35-23-51(6)24-36-60)42-12-39-66-84(74,75)57-29-17-48(3)18-30-57/h13-36,64-66H,10-12,37-45H2,1-9H3. The maximum atomic E-state index is 15.1. The Morgan fingerprint density at radius 3 is 0.621 bits per heavy atom. The van der Waals surface area contributed by atoms with Gasteiger partial charge >= 0.3 is 0 Å². The van der Waals surface area contributed by atoms with Gasteiger partial charge in [0.15, 0.2) is 0 Å². The smallest absolute Gasteiger partial charge is 0.211 e. The molecule has 7 rings (SSSR count). The first-order valence-corrected chi connectivity index (χ1v) is 37.1. The fourth-order valence-electron chi connectivity index (χ4n) is 9.85. The van der Waals surface area contributed by atoms with Crippen LogP contribution in [0.5, 0.6) is 0 Å². The van der Waals surface area contributed by atoms with E-state index in [4.69, 9.17) is 0 Å². The minimum absolute atomic E-state index is 0.00628. The average molecular weight is 1300 g/mol. The fraction of sp³-hybridized carbons (Fsp3) is 0.333. The molecule has 468 valence electrons. The molecule has 0 aliphatic rings. The van der Waals surface area contributed by atoms with Crippen LogP contribution in [0.1, 0.15) is 86.0 Å². The Labute approximate surface area is 516 Å². The number of nitrogens with one attached hydrogen (secondary N) is 3. The Morgan fingerprint density at radius 2 is 0.437 bits per heavy atom. The van der Waals surface area contributed by atoms with E-state index >= 15 is 25.3 Å². The number of hydrogen-bond donors (Lipinski definition) is 3. The van der Waals surface area contributed by atoms with Gasteiger partial charge in [0.25, 0.3) is 0 Å². The van der Waals surface area contributed by atoms with Gasteiger partial charge in [0, 0.05) is 58.9 Å². The molecule has 0 amide bonds. The van der Waals surface area contributed by atoms with Gasteiger partial charge < -0.3 is 0 Å². The lowest BCUT2D eigenvalue weighted by Crippen LogP contribution is -2.37. The summed E-state index contributed by atoms with van der Waals surface area (Å²) < 4.78 is 183. The van der Waals surface area contributed by atoms with Gasteiger partial charge in [-0.15, -0.1) is 0 Å². The van der Waals surface area contributed by atoms with Crippen LogP contribution < -0.4 is 14.2 Å². The van der Waals surface area contributed by atoms with E-state index in [1.54, 1.807) is 93.6 Å². The van der Waals surface area contributed by atoms with Crippen LogP contribution in [0.25, 0.3) is 0 Å². The summed E-state index contributed by atoms with van der Waals surface area (Å²) in [6.07, 6.45) is 0.0189. The van der Waals surface area contributed by atoms with Crippen LogP contribution in [-0.4, -0.2) is 103 Å². The maximum absolute atomic E-state index is 15.1. The monoisotopic (exact) mass is 1300 g/mol. The van der Waals surface area contributed by atoms with Crippen LogP contribution in [-0.2, 0) is 79.8 Å². The van der Waals surface area contributed by atoms with E-state index in [1.807, 2.05) is 41.5 Å². The quantitative estimate of drug-likeness (QED) is 0.0357. The van der Waals surface area contributed by atoms with E-state index in [1.165, 1.54) is 85.7 Å². The summed E-state index contributed by atoms with van der Waals surface area (Å²) >= 11 is 0. The third kappa shape index (κ3) is 17.2. The van der Waals surface area contributed by atoms with Crippen molar-refractivity contribution >= 4 is 60.1 Å². The van der Waals surface area contributed by atoms with Crippen LogP contribution in [0, 0.1) is 62.3 Å². The molecule has 7 aromatic carbocycles. The molecule has 0 aliphatic heterocycles. The summed E-state index contributed by atoms with van der Waals surface area (Å²) in [6.45, 7) is 14.1. The summed E-state index contributed by atoms with van der Waals surface area (Å²) in [5.74, 6) is 0. The summed E-state index contributed by atoms with van der Waals surface area (Å²) in [7, 11) is -25.2. The molecule has 7 aromatic rings. The number of rotatable bonds is 30. The second-order valence-corrected chi connectivity index (χ2v) is 33.1. The SMILES string of the molecule is Cc1ccc(S(=O)(=O)NCCCN(Cc2c(C)c(CN(CCCNS(=O)(=O)c3ccc(C)cc3)S(=O)(=O)c3ccc(C)cc3)c(C)c(CN(CCCNS(=O)(=O)c3ccc(C)cc3)S(=O)(=O)c3ccc(C)cc3)c2C)S(=O)(=O)c2ccc(C)cc2)cc1. The number of hydrogen-bond acceptors (Lipinski definition) is 12. The molecule has 0 saturated carbocycles. The molecule has 3 N–H and O–H groups in total. The van der Waals surface area contributed by atoms with Crippen molar-refractivity contribution in [3.8, 4) is 0 Å². The molecule has 0 aliphatic carbocycles. The summed E-state index contributed by atoms with van der Waals surface area (Å²) in [4.78, 5) is -0.0275. The van der Waals surface area contributed by atoms with Gasteiger partial charge in [-0.1, -0.05) is 106 Å². The highest BCUT2D eigenvalue weighted by molar-refractivity contribution is 7.90. The summed E-state index contributed by atoms with van der Waals surface area (Å²) in [6, 6.07) is 37.7. The van der Waals surface area contributed by atoms with Crippen LogP contribution in [0.2, 0.25) is 0 Å². The zero-order chi connectivity index (χ0) is 63.7. The summed E-state index contributed by atoms with van der Waals surface area (Å²) in [5.41, 5.74) is 7.68. The Balaban J connectivity index is 1.35. The van der Waals surface area contributed by atoms with Crippen molar-refractivity contribution < 1.29 is 50.5 Å². The van der Waals surface area contributed by atoms with Crippen molar-refractivity contribution in [1.29, 1.82) is 0 Å². The molecule has 0 bridgehead atoms. The molecule has 0 atom stereocenters. The third-order valence-electron chi connectivity index (χ3n) is 15.3. The lowest BCUT2D eigenvalue weighted by molar-refractivity contribution is 0.387. The molecule has 0 radical (unpaired) electrons. The number of sulfonamides is 6. The molecular formula is C63H78N6O12S6. The van der Waals surface area contributed by atoms with Gasteiger partial charge in [-0.2, -0.15) is 12.9 Å². The van der Waals surface area contributed by atoms with Gasteiger partial charge in [0.1, 0.15) is 0 Å². The predicted molar refractivity (Wildman–Crippen MR) is 340 cm³/mol. The minimum Gasteiger partial charge on any atom is -0.211 e. The van der Waals surface area contributed by atoms with E-state index in [9.17, 15) is 25.3 Å². The minimum atomic E-state index is -4.40. The second-order valence-electron chi connectivity index (χ2n) is 22.0.